The lowest BCUT2D eigenvalue weighted by atomic mass is 10.1. The van der Waals surface area contributed by atoms with Crippen molar-refractivity contribution in [2.45, 2.75) is 44.6 Å². The lowest BCUT2D eigenvalue weighted by Crippen LogP contribution is -2.36. The van der Waals surface area contributed by atoms with Crippen molar-refractivity contribution in [3.05, 3.63) is 29.3 Å². The quantitative estimate of drug-likeness (QED) is 0.835. The molecule has 106 valence electrons. The molecular formula is C13H19NO4S. The summed E-state index contributed by atoms with van der Waals surface area (Å²) in [7, 11) is -3.67. The molecule has 0 radical (unpaired) electrons. The van der Waals surface area contributed by atoms with Crippen LogP contribution in [-0.2, 0) is 14.8 Å². The van der Waals surface area contributed by atoms with E-state index in [4.69, 9.17) is 5.11 Å². The van der Waals surface area contributed by atoms with E-state index in [1.54, 1.807) is 19.1 Å². The lowest BCUT2D eigenvalue weighted by Gasteiger charge is -2.15. The average Bonchev–Trinajstić information content (AvgIpc) is 2.30. The smallest absolute Gasteiger partial charge is 0.304 e. The topological polar surface area (TPSA) is 83.5 Å². The molecule has 0 aliphatic carbocycles. The van der Waals surface area contributed by atoms with Crippen LogP contribution in [0.4, 0.5) is 0 Å². The fourth-order valence-electron chi connectivity index (χ4n) is 1.65. The second kappa shape index (κ2) is 6.16. The normalized spacial score (nSPS) is 13.2. The van der Waals surface area contributed by atoms with Gasteiger partial charge in [-0.3, -0.25) is 4.79 Å². The molecule has 0 bridgehead atoms. The van der Waals surface area contributed by atoms with Crippen molar-refractivity contribution in [3.63, 3.8) is 0 Å². The number of sulfonamides is 1. The van der Waals surface area contributed by atoms with Gasteiger partial charge >= 0.3 is 5.97 Å². The average molecular weight is 285 g/mol. The minimum absolute atomic E-state index is 0.166. The van der Waals surface area contributed by atoms with Crippen molar-refractivity contribution in [3.8, 4) is 0 Å². The Morgan fingerprint density at radius 3 is 2.42 bits per heavy atom. The van der Waals surface area contributed by atoms with Crippen molar-refractivity contribution in [1.29, 1.82) is 0 Å². The highest BCUT2D eigenvalue weighted by molar-refractivity contribution is 7.89. The van der Waals surface area contributed by atoms with Crippen LogP contribution in [0.2, 0.25) is 0 Å². The molecule has 0 fully saturated rings. The van der Waals surface area contributed by atoms with Crippen molar-refractivity contribution >= 4 is 16.0 Å². The fraction of sp³-hybridized carbons (Fsp3) is 0.462. The van der Waals surface area contributed by atoms with Gasteiger partial charge in [0.15, 0.2) is 0 Å². The van der Waals surface area contributed by atoms with Crippen LogP contribution in [0.3, 0.4) is 0 Å². The highest BCUT2D eigenvalue weighted by Crippen LogP contribution is 2.15. The van der Waals surface area contributed by atoms with Gasteiger partial charge in [0.1, 0.15) is 0 Å². The Bertz CT molecular complexity index is 566. The van der Waals surface area contributed by atoms with E-state index in [0.717, 1.165) is 11.1 Å². The molecule has 19 heavy (non-hydrogen) atoms. The Labute approximate surface area is 113 Å². The molecule has 0 aliphatic rings. The summed E-state index contributed by atoms with van der Waals surface area (Å²) in [5, 5.41) is 8.73. The van der Waals surface area contributed by atoms with E-state index in [1.807, 2.05) is 13.8 Å². The summed E-state index contributed by atoms with van der Waals surface area (Å²) in [5.41, 5.74) is 1.89. The molecule has 5 nitrogen and oxygen atoms in total. The van der Waals surface area contributed by atoms with Crippen LogP contribution in [-0.4, -0.2) is 25.5 Å². The van der Waals surface area contributed by atoms with Gasteiger partial charge < -0.3 is 5.11 Å². The zero-order valence-corrected chi connectivity index (χ0v) is 12.1. The molecule has 0 heterocycles. The summed E-state index contributed by atoms with van der Waals surface area (Å²) in [6, 6.07) is 4.26. The van der Waals surface area contributed by atoms with Crippen molar-refractivity contribution in [2.24, 2.45) is 0 Å². The first-order chi connectivity index (χ1) is 8.76. The molecule has 1 aromatic carbocycles. The second-order valence-electron chi connectivity index (χ2n) is 4.57. The Hall–Kier alpha value is -1.40. The minimum atomic E-state index is -3.67. The Kier molecular flexibility index (Phi) is 5.08. The van der Waals surface area contributed by atoms with Crippen LogP contribution < -0.4 is 4.72 Å². The Balaban J connectivity index is 2.96. The molecule has 1 atom stereocenters. The number of carboxylic acid groups (broad SMARTS) is 1. The lowest BCUT2D eigenvalue weighted by molar-refractivity contribution is -0.137. The van der Waals surface area contributed by atoms with Gasteiger partial charge in [-0.15, -0.1) is 0 Å². The van der Waals surface area contributed by atoms with Crippen molar-refractivity contribution in [1.82, 2.24) is 4.72 Å². The molecule has 1 unspecified atom stereocenters. The number of hydrogen-bond donors (Lipinski definition) is 2. The van der Waals surface area contributed by atoms with E-state index in [9.17, 15) is 13.2 Å². The van der Waals surface area contributed by atoms with E-state index in [-0.39, 0.29) is 11.3 Å². The number of hydrogen-bond acceptors (Lipinski definition) is 3. The number of aryl methyl sites for hydroxylation is 2. The standard InChI is InChI=1S/C13H19NO4S/c1-4-11(8-13(15)16)14-19(17,18)12-6-5-9(2)10(3)7-12/h5-7,11,14H,4,8H2,1-3H3,(H,15,16). The van der Waals surface area contributed by atoms with Gasteiger partial charge in [-0.05, 0) is 43.5 Å². The van der Waals surface area contributed by atoms with Gasteiger partial charge in [0.25, 0.3) is 0 Å². The Morgan fingerprint density at radius 1 is 1.32 bits per heavy atom. The van der Waals surface area contributed by atoms with E-state index in [1.165, 1.54) is 6.07 Å². The van der Waals surface area contributed by atoms with E-state index < -0.39 is 22.0 Å². The molecule has 6 heteroatoms. The molecule has 0 aromatic heterocycles. The first-order valence-corrected chi connectivity index (χ1v) is 7.56. The second-order valence-corrected chi connectivity index (χ2v) is 6.28. The largest absolute Gasteiger partial charge is 0.481 e. The zero-order valence-electron chi connectivity index (χ0n) is 11.3. The molecular weight excluding hydrogens is 266 g/mol. The molecule has 2 N–H and O–H groups in total. The number of carboxylic acids is 1. The van der Waals surface area contributed by atoms with Gasteiger partial charge in [-0.2, -0.15) is 0 Å². The van der Waals surface area contributed by atoms with Gasteiger partial charge in [0.2, 0.25) is 10.0 Å². The molecule has 0 spiro atoms. The van der Waals surface area contributed by atoms with Crippen molar-refractivity contribution in [2.75, 3.05) is 0 Å². The molecule has 0 saturated carbocycles. The summed E-state index contributed by atoms with van der Waals surface area (Å²) in [4.78, 5) is 10.8. The predicted molar refractivity (Wildman–Crippen MR) is 72.6 cm³/mol. The third kappa shape index (κ3) is 4.33. The van der Waals surface area contributed by atoms with E-state index >= 15 is 0 Å². The van der Waals surface area contributed by atoms with Crippen LogP contribution in [0.5, 0.6) is 0 Å². The molecule has 0 aliphatic heterocycles. The number of nitrogens with one attached hydrogen (secondary N) is 1. The van der Waals surface area contributed by atoms with Gasteiger partial charge in [-0.25, -0.2) is 13.1 Å². The van der Waals surface area contributed by atoms with Crippen LogP contribution in [0, 0.1) is 13.8 Å². The van der Waals surface area contributed by atoms with Crippen molar-refractivity contribution < 1.29 is 18.3 Å². The van der Waals surface area contributed by atoms with Gasteiger partial charge in [0, 0.05) is 6.04 Å². The van der Waals surface area contributed by atoms with E-state index in [0.29, 0.717) is 6.42 Å². The van der Waals surface area contributed by atoms with Crippen LogP contribution >= 0.6 is 0 Å². The maximum atomic E-state index is 12.1. The number of aliphatic carboxylic acids is 1. The summed E-state index contributed by atoms with van der Waals surface area (Å²) in [6.45, 7) is 5.48. The van der Waals surface area contributed by atoms with Crippen LogP contribution in [0.25, 0.3) is 0 Å². The predicted octanol–water partition coefficient (Wildman–Crippen LogP) is 1.84. The maximum Gasteiger partial charge on any atom is 0.304 e. The summed E-state index contributed by atoms with van der Waals surface area (Å²) in [5.74, 6) is -1.02. The molecule has 0 amide bonds. The zero-order chi connectivity index (χ0) is 14.6. The number of rotatable bonds is 6. The third-order valence-corrected chi connectivity index (χ3v) is 4.54. The maximum absolute atomic E-state index is 12.1. The highest BCUT2D eigenvalue weighted by Gasteiger charge is 2.21. The molecule has 1 rings (SSSR count). The van der Waals surface area contributed by atoms with Gasteiger partial charge in [-0.1, -0.05) is 13.0 Å². The van der Waals surface area contributed by atoms with E-state index in [2.05, 4.69) is 4.72 Å². The van der Waals surface area contributed by atoms with Gasteiger partial charge in [0.05, 0.1) is 11.3 Å². The summed E-state index contributed by atoms with van der Waals surface area (Å²) in [6.07, 6.45) is 0.205. The fourth-order valence-corrected chi connectivity index (χ4v) is 3.05. The monoisotopic (exact) mass is 285 g/mol. The SMILES string of the molecule is CCC(CC(=O)O)NS(=O)(=O)c1ccc(C)c(C)c1. The summed E-state index contributed by atoms with van der Waals surface area (Å²) >= 11 is 0. The Morgan fingerprint density at radius 2 is 1.95 bits per heavy atom. The highest BCUT2D eigenvalue weighted by atomic mass is 32.2. The summed E-state index contributed by atoms with van der Waals surface area (Å²) < 4.78 is 26.7. The van der Waals surface area contributed by atoms with Crippen LogP contribution in [0.1, 0.15) is 30.9 Å². The first-order valence-electron chi connectivity index (χ1n) is 6.07. The van der Waals surface area contributed by atoms with Crippen LogP contribution in [0.15, 0.2) is 23.1 Å². The third-order valence-electron chi connectivity index (χ3n) is 3.02. The molecule has 0 saturated heterocycles. The number of carbonyl (C=O) groups is 1. The first kappa shape index (κ1) is 15.7. The molecule has 1 aromatic rings. The number of benzene rings is 1. The minimum Gasteiger partial charge on any atom is -0.481 e.